The molecular formula is C19H30O2. The molecule has 0 aliphatic heterocycles. The van der Waals surface area contributed by atoms with Crippen LogP contribution in [0.4, 0.5) is 0 Å². The van der Waals surface area contributed by atoms with Crippen molar-refractivity contribution in [3.05, 3.63) is 0 Å². The normalized spacial score (nSPS) is 56.5. The van der Waals surface area contributed by atoms with E-state index in [0.717, 1.165) is 61.7 Å². The van der Waals surface area contributed by atoms with E-state index in [2.05, 4.69) is 13.8 Å². The van der Waals surface area contributed by atoms with E-state index in [0.29, 0.717) is 11.7 Å². The Labute approximate surface area is 128 Å². The lowest BCUT2D eigenvalue weighted by molar-refractivity contribution is -0.136. The average molecular weight is 290 g/mol. The molecule has 118 valence electrons. The molecular weight excluding hydrogens is 260 g/mol. The smallest absolute Gasteiger partial charge is 0.139 e. The first-order valence-corrected chi connectivity index (χ1v) is 9.22. The van der Waals surface area contributed by atoms with Gasteiger partial charge in [0.15, 0.2) is 0 Å². The van der Waals surface area contributed by atoms with Crippen molar-refractivity contribution < 1.29 is 9.90 Å². The van der Waals surface area contributed by atoms with Gasteiger partial charge in [-0.2, -0.15) is 0 Å². The number of hydrogen-bond acceptors (Lipinski definition) is 2. The Hall–Kier alpha value is -0.370. The van der Waals surface area contributed by atoms with Crippen LogP contribution in [-0.4, -0.2) is 17.0 Å². The Morgan fingerprint density at radius 2 is 1.90 bits per heavy atom. The van der Waals surface area contributed by atoms with Gasteiger partial charge < -0.3 is 5.11 Å². The fraction of sp³-hybridized carbons (Fsp3) is 0.947. The summed E-state index contributed by atoms with van der Waals surface area (Å²) >= 11 is 0. The zero-order valence-electron chi connectivity index (χ0n) is 13.6. The van der Waals surface area contributed by atoms with Crippen LogP contribution in [0.25, 0.3) is 0 Å². The van der Waals surface area contributed by atoms with Crippen LogP contribution < -0.4 is 0 Å². The van der Waals surface area contributed by atoms with E-state index in [1.165, 1.54) is 19.3 Å². The number of carbonyl (C=O) groups is 1. The van der Waals surface area contributed by atoms with Crippen LogP contribution in [0.3, 0.4) is 0 Å². The van der Waals surface area contributed by atoms with E-state index < -0.39 is 0 Å². The van der Waals surface area contributed by atoms with Crippen molar-refractivity contribution in [3.8, 4) is 0 Å². The van der Waals surface area contributed by atoms with E-state index >= 15 is 0 Å². The molecule has 8 atom stereocenters. The van der Waals surface area contributed by atoms with E-state index in [1.54, 1.807) is 0 Å². The maximum absolute atomic E-state index is 12.4. The number of carbonyl (C=O) groups excluding carboxylic acids is 1. The van der Waals surface area contributed by atoms with Crippen LogP contribution in [-0.2, 0) is 4.79 Å². The molecule has 0 unspecified atom stereocenters. The first kappa shape index (κ1) is 14.2. The van der Waals surface area contributed by atoms with Gasteiger partial charge in [-0.1, -0.05) is 13.8 Å². The van der Waals surface area contributed by atoms with Crippen LogP contribution in [0.1, 0.15) is 65.2 Å². The highest BCUT2D eigenvalue weighted by Crippen LogP contribution is 2.62. The Morgan fingerprint density at radius 3 is 2.71 bits per heavy atom. The quantitative estimate of drug-likeness (QED) is 0.736. The molecule has 0 bridgehead atoms. The summed E-state index contributed by atoms with van der Waals surface area (Å²) in [5, 5.41) is 10.0. The second-order valence-electron chi connectivity index (χ2n) is 8.87. The Balaban J connectivity index is 1.63. The molecule has 0 radical (unpaired) electrons. The number of aliphatic hydroxyl groups is 1. The van der Waals surface area contributed by atoms with Crippen molar-refractivity contribution >= 4 is 5.78 Å². The molecule has 4 fully saturated rings. The third-order valence-electron chi connectivity index (χ3n) is 7.99. The highest BCUT2D eigenvalue weighted by molar-refractivity contribution is 5.87. The number of aliphatic hydroxyl groups excluding tert-OH is 1. The summed E-state index contributed by atoms with van der Waals surface area (Å²) in [7, 11) is 0. The SMILES string of the molecule is C[C@@H]1C[C@@H]2C[C@H](O)CC[C@@H]2[C@H]2CC[C@]3(C)C(=O)CC[C@H]3[C@@H]21. The van der Waals surface area contributed by atoms with Gasteiger partial charge in [0.05, 0.1) is 6.10 Å². The fourth-order valence-electron chi connectivity index (χ4n) is 7.05. The zero-order chi connectivity index (χ0) is 14.8. The van der Waals surface area contributed by atoms with E-state index in [9.17, 15) is 9.90 Å². The molecule has 2 heteroatoms. The minimum Gasteiger partial charge on any atom is -0.393 e. The third kappa shape index (κ3) is 1.97. The van der Waals surface area contributed by atoms with Crippen molar-refractivity contribution in [2.45, 2.75) is 71.3 Å². The van der Waals surface area contributed by atoms with Gasteiger partial charge in [0.2, 0.25) is 0 Å². The monoisotopic (exact) mass is 290 g/mol. The lowest BCUT2D eigenvalue weighted by Gasteiger charge is -2.57. The van der Waals surface area contributed by atoms with Gasteiger partial charge in [-0.15, -0.1) is 0 Å². The van der Waals surface area contributed by atoms with E-state index in [4.69, 9.17) is 0 Å². The molecule has 4 aliphatic carbocycles. The van der Waals surface area contributed by atoms with Crippen molar-refractivity contribution in [1.29, 1.82) is 0 Å². The zero-order valence-corrected chi connectivity index (χ0v) is 13.6. The molecule has 4 aliphatic rings. The molecule has 0 aromatic rings. The molecule has 4 saturated carbocycles. The van der Waals surface area contributed by atoms with Crippen LogP contribution in [0, 0.1) is 40.9 Å². The predicted octanol–water partition coefficient (Wildman–Crippen LogP) is 3.82. The van der Waals surface area contributed by atoms with Gasteiger partial charge in [-0.25, -0.2) is 0 Å². The molecule has 21 heavy (non-hydrogen) atoms. The Morgan fingerprint density at radius 1 is 1.10 bits per heavy atom. The minimum atomic E-state index is -0.0445. The summed E-state index contributed by atoms with van der Waals surface area (Å²) in [6.07, 6.45) is 8.93. The fourth-order valence-corrected chi connectivity index (χ4v) is 7.05. The predicted molar refractivity (Wildman–Crippen MR) is 82.7 cm³/mol. The maximum atomic E-state index is 12.4. The molecule has 2 nitrogen and oxygen atoms in total. The van der Waals surface area contributed by atoms with Crippen molar-refractivity contribution in [3.63, 3.8) is 0 Å². The highest BCUT2D eigenvalue weighted by atomic mass is 16.3. The lowest BCUT2D eigenvalue weighted by Crippen LogP contribution is -2.52. The highest BCUT2D eigenvalue weighted by Gasteiger charge is 2.58. The Kier molecular flexibility index (Phi) is 3.26. The van der Waals surface area contributed by atoms with E-state index in [1.807, 2.05) is 0 Å². The maximum Gasteiger partial charge on any atom is 0.139 e. The van der Waals surface area contributed by atoms with Crippen LogP contribution in [0.2, 0.25) is 0 Å². The second kappa shape index (κ2) is 4.81. The van der Waals surface area contributed by atoms with Crippen LogP contribution in [0.15, 0.2) is 0 Å². The van der Waals surface area contributed by atoms with Gasteiger partial charge >= 0.3 is 0 Å². The van der Waals surface area contributed by atoms with Crippen molar-refractivity contribution in [2.75, 3.05) is 0 Å². The van der Waals surface area contributed by atoms with Gasteiger partial charge in [0.1, 0.15) is 5.78 Å². The summed E-state index contributed by atoms with van der Waals surface area (Å²) in [5.41, 5.74) is 0.0104. The van der Waals surface area contributed by atoms with Crippen molar-refractivity contribution in [2.24, 2.45) is 40.9 Å². The first-order chi connectivity index (χ1) is 10.0. The summed E-state index contributed by atoms with van der Waals surface area (Å²) < 4.78 is 0. The van der Waals surface area contributed by atoms with Crippen LogP contribution in [0.5, 0.6) is 0 Å². The number of hydrogen-bond donors (Lipinski definition) is 1. The van der Waals surface area contributed by atoms with Crippen LogP contribution >= 0.6 is 0 Å². The topological polar surface area (TPSA) is 37.3 Å². The summed E-state index contributed by atoms with van der Waals surface area (Å²) in [4.78, 5) is 12.4. The molecule has 4 rings (SSSR count). The van der Waals surface area contributed by atoms with E-state index in [-0.39, 0.29) is 11.5 Å². The number of rotatable bonds is 0. The van der Waals surface area contributed by atoms with Crippen molar-refractivity contribution in [1.82, 2.24) is 0 Å². The molecule has 0 saturated heterocycles. The largest absolute Gasteiger partial charge is 0.393 e. The summed E-state index contributed by atoms with van der Waals surface area (Å²) in [6, 6.07) is 0. The molecule has 1 N–H and O–H groups in total. The number of ketones is 1. The third-order valence-corrected chi connectivity index (χ3v) is 7.99. The second-order valence-corrected chi connectivity index (χ2v) is 8.87. The van der Waals surface area contributed by atoms with Gasteiger partial charge in [0.25, 0.3) is 0 Å². The number of fused-ring (bicyclic) bond motifs is 5. The minimum absolute atomic E-state index is 0.0104. The van der Waals surface area contributed by atoms with Gasteiger partial charge in [-0.3, -0.25) is 4.79 Å². The Bertz CT molecular complexity index is 445. The molecule has 0 aromatic carbocycles. The molecule has 0 heterocycles. The summed E-state index contributed by atoms with van der Waals surface area (Å²) in [5.74, 6) is 5.19. The standard InChI is InChI=1S/C19H30O2/c1-11-9-12-10-13(20)3-4-14(12)15-7-8-19(2)16(18(11)15)5-6-17(19)21/h11-16,18,20H,3-10H2,1-2H3/t11-,12-,13-,14+,15-,16+,18-,19+/m1/s1. The molecule has 0 aromatic heterocycles. The lowest BCUT2D eigenvalue weighted by atomic mass is 9.48. The first-order valence-electron chi connectivity index (χ1n) is 9.22. The molecule has 0 spiro atoms. The average Bonchev–Trinajstić information content (AvgIpc) is 2.74. The van der Waals surface area contributed by atoms with Gasteiger partial charge in [0, 0.05) is 11.8 Å². The molecule has 0 amide bonds. The summed E-state index contributed by atoms with van der Waals surface area (Å²) in [6.45, 7) is 4.70. The van der Waals surface area contributed by atoms with Gasteiger partial charge in [-0.05, 0) is 80.5 Å². The number of Topliss-reactive ketones (excluding diaryl/α,β-unsaturated/α-hetero) is 1.